The average Bonchev–Trinajstić information content (AvgIpc) is 2.39. The van der Waals surface area contributed by atoms with Crippen molar-refractivity contribution in [2.24, 2.45) is 0 Å². The van der Waals surface area contributed by atoms with Gasteiger partial charge in [0.15, 0.2) is 5.78 Å². The van der Waals surface area contributed by atoms with Gasteiger partial charge in [-0.2, -0.15) is 0 Å². The van der Waals surface area contributed by atoms with E-state index in [1.807, 2.05) is 6.07 Å². The van der Waals surface area contributed by atoms with Crippen molar-refractivity contribution in [1.82, 2.24) is 0 Å². The van der Waals surface area contributed by atoms with Gasteiger partial charge in [0, 0.05) is 12.2 Å². The Hall–Kier alpha value is -1.68. The van der Waals surface area contributed by atoms with Crippen molar-refractivity contribution in [2.45, 2.75) is 25.7 Å². The quantitative estimate of drug-likeness (QED) is 0.331. The van der Waals surface area contributed by atoms with Crippen molar-refractivity contribution in [1.29, 1.82) is 0 Å². The number of unbranched alkanes of at least 4 members (excludes halogenated alkanes) is 2. The number of Topliss-reactive ketones (excluding diaryl/α,β-unsaturated/α-hetero) is 1. The molecule has 18 heavy (non-hydrogen) atoms. The summed E-state index contributed by atoms with van der Waals surface area (Å²) in [5.74, 6) is -0.719. The minimum absolute atomic E-state index is 0.153. The molecule has 0 spiro atoms. The van der Waals surface area contributed by atoms with Gasteiger partial charge in [0.25, 0.3) is 0 Å². The second-order valence-corrected chi connectivity index (χ2v) is 3.97. The highest BCUT2D eigenvalue weighted by atomic mass is 16.5. The van der Waals surface area contributed by atoms with Crippen molar-refractivity contribution < 1.29 is 19.4 Å². The first-order valence-corrected chi connectivity index (χ1v) is 6.09. The van der Waals surface area contributed by atoms with Crippen LogP contribution < -0.4 is 0 Å². The molecule has 0 fully saturated rings. The summed E-state index contributed by atoms with van der Waals surface area (Å²) in [6.07, 6.45) is 2.02. The number of aliphatic hydroxyl groups is 1. The molecule has 0 atom stereocenters. The Morgan fingerprint density at radius 1 is 1.06 bits per heavy atom. The van der Waals surface area contributed by atoms with Gasteiger partial charge >= 0.3 is 5.97 Å². The smallest absolute Gasteiger partial charge is 0.313 e. The summed E-state index contributed by atoms with van der Waals surface area (Å²) in [6, 6.07) is 8.69. The van der Waals surface area contributed by atoms with Gasteiger partial charge in [-0.25, -0.2) is 0 Å². The van der Waals surface area contributed by atoms with E-state index < -0.39 is 5.97 Å². The molecule has 0 saturated carbocycles. The van der Waals surface area contributed by atoms with E-state index in [1.165, 1.54) is 0 Å². The van der Waals surface area contributed by atoms with Crippen LogP contribution in [0.2, 0.25) is 0 Å². The van der Waals surface area contributed by atoms with Gasteiger partial charge in [-0.3, -0.25) is 9.59 Å². The van der Waals surface area contributed by atoms with Crippen LogP contribution in [0.4, 0.5) is 0 Å². The van der Waals surface area contributed by atoms with E-state index in [2.05, 4.69) is 0 Å². The van der Waals surface area contributed by atoms with Crippen LogP contribution >= 0.6 is 0 Å². The number of ether oxygens (including phenoxy) is 1. The Balaban J connectivity index is 2.22. The van der Waals surface area contributed by atoms with Gasteiger partial charge < -0.3 is 9.84 Å². The summed E-state index contributed by atoms with van der Waals surface area (Å²) in [4.78, 5) is 23.0. The summed E-state index contributed by atoms with van der Waals surface area (Å²) < 4.78 is 4.94. The number of carbonyl (C=O) groups is 2. The molecule has 1 N–H and O–H groups in total. The molecule has 98 valence electrons. The van der Waals surface area contributed by atoms with Crippen LogP contribution in [0.25, 0.3) is 0 Å². The average molecular weight is 250 g/mol. The molecule has 0 amide bonds. The number of ketones is 1. The normalized spacial score (nSPS) is 10.1. The second-order valence-electron chi connectivity index (χ2n) is 3.97. The van der Waals surface area contributed by atoms with Gasteiger partial charge in [-0.05, 0) is 19.3 Å². The first-order chi connectivity index (χ1) is 8.74. The van der Waals surface area contributed by atoms with Gasteiger partial charge in [-0.15, -0.1) is 0 Å². The van der Waals surface area contributed by atoms with Crippen LogP contribution in [0.5, 0.6) is 0 Å². The zero-order chi connectivity index (χ0) is 13.2. The Morgan fingerprint density at radius 2 is 1.78 bits per heavy atom. The Bertz CT molecular complexity index is 373. The summed E-state index contributed by atoms with van der Waals surface area (Å²) >= 11 is 0. The predicted molar refractivity (Wildman–Crippen MR) is 67.3 cm³/mol. The lowest BCUT2D eigenvalue weighted by Crippen LogP contribution is -2.12. The summed E-state index contributed by atoms with van der Waals surface area (Å²) in [5.41, 5.74) is 0.523. The van der Waals surface area contributed by atoms with Crippen LogP contribution in [0.3, 0.4) is 0 Å². The van der Waals surface area contributed by atoms with Crippen molar-refractivity contribution in [3.8, 4) is 0 Å². The molecular formula is C14H18O4. The van der Waals surface area contributed by atoms with Crippen LogP contribution in [-0.2, 0) is 9.53 Å². The molecule has 1 aromatic carbocycles. The lowest BCUT2D eigenvalue weighted by molar-refractivity contribution is -0.142. The van der Waals surface area contributed by atoms with Gasteiger partial charge in [-0.1, -0.05) is 30.3 Å². The number of benzene rings is 1. The van der Waals surface area contributed by atoms with E-state index in [0.29, 0.717) is 25.0 Å². The minimum atomic E-state index is -0.493. The van der Waals surface area contributed by atoms with Crippen LogP contribution in [0.15, 0.2) is 30.3 Å². The number of esters is 1. The maximum absolute atomic E-state index is 11.7. The fraction of sp³-hybridized carbons (Fsp3) is 0.429. The molecule has 0 aliphatic heterocycles. The number of hydrogen-bond acceptors (Lipinski definition) is 4. The van der Waals surface area contributed by atoms with Crippen LogP contribution in [0.1, 0.15) is 36.0 Å². The Labute approximate surface area is 107 Å². The second kappa shape index (κ2) is 8.42. The molecular weight excluding hydrogens is 232 g/mol. The highest BCUT2D eigenvalue weighted by molar-refractivity contribution is 6.05. The topological polar surface area (TPSA) is 63.6 Å². The zero-order valence-corrected chi connectivity index (χ0v) is 10.3. The largest absolute Gasteiger partial charge is 0.465 e. The Morgan fingerprint density at radius 3 is 2.44 bits per heavy atom. The molecule has 0 aliphatic carbocycles. The monoisotopic (exact) mass is 250 g/mol. The molecule has 0 aliphatic rings. The lowest BCUT2D eigenvalue weighted by Gasteiger charge is -2.04. The molecule has 0 radical (unpaired) electrons. The first kappa shape index (κ1) is 14.4. The predicted octanol–water partition coefficient (Wildman–Crippen LogP) is 1.97. The lowest BCUT2D eigenvalue weighted by atomic mass is 10.1. The number of rotatable bonds is 8. The molecule has 1 rings (SSSR count). The van der Waals surface area contributed by atoms with Crippen LogP contribution in [0, 0.1) is 0 Å². The molecule has 0 aromatic heterocycles. The van der Waals surface area contributed by atoms with Crippen LogP contribution in [-0.4, -0.2) is 30.1 Å². The van der Waals surface area contributed by atoms with Crippen molar-refractivity contribution in [3.63, 3.8) is 0 Å². The highest BCUT2D eigenvalue weighted by Gasteiger charge is 2.12. The SMILES string of the molecule is O=C(CC(=O)c1ccccc1)OCCCCCO. The van der Waals surface area contributed by atoms with Crippen molar-refractivity contribution in [3.05, 3.63) is 35.9 Å². The molecule has 4 nitrogen and oxygen atoms in total. The van der Waals surface area contributed by atoms with Crippen molar-refractivity contribution >= 4 is 11.8 Å². The summed E-state index contributed by atoms with van der Waals surface area (Å²) in [6.45, 7) is 0.460. The third-order valence-electron chi connectivity index (χ3n) is 2.47. The maximum atomic E-state index is 11.7. The molecule has 0 unspecified atom stereocenters. The third kappa shape index (κ3) is 5.59. The van der Waals surface area contributed by atoms with E-state index >= 15 is 0 Å². The zero-order valence-electron chi connectivity index (χ0n) is 10.3. The number of aliphatic hydroxyl groups excluding tert-OH is 1. The Kier molecular flexibility index (Phi) is 6.72. The fourth-order valence-corrected chi connectivity index (χ4v) is 1.48. The highest BCUT2D eigenvalue weighted by Crippen LogP contribution is 2.04. The maximum Gasteiger partial charge on any atom is 0.313 e. The third-order valence-corrected chi connectivity index (χ3v) is 2.47. The van der Waals surface area contributed by atoms with E-state index in [-0.39, 0.29) is 18.8 Å². The minimum Gasteiger partial charge on any atom is -0.465 e. The molecule has 0 bridgehead atoms. The molecule has 0 heterocycles. The summed E-state index contributed by atoms with van der Waals surface area (Å²) in [7, 11) is 0. The van der Waals surface area contributed by atoms with E-state index in [1.54, 1.807) is 24.3 Å². The standard InChI is InChI=1S/C14H18O4/c15-9-5-2-6-10-18-14(17)11-13(16)12-7-3-1-4-8-12/h1,3-4,7-8,15H,2,5-6,9-11H2. The number of hydrogen-bond donors (Lipinski definition) is 1. The fourth-order valence-electron chi connectivity index (χ4n) is 1.48. The molecule has 0 saturated heterocycles. The molecule has 4 heteroatoms. The van der Waals surface area contributed by atoms with Gasteiger partial charge in [0.05, 0.1) is 6.61 Å². The van der Waals surface area contributed by atoms with E-state index in [4.69, 9.17) is 9.84 Å². The van der Waals surface area contributed by atoms with E-state index in [9.17, 15) is 9.59 Å². The molecule has 1 aromatic rings. The first-order valence-electron chi connectivity index (χ1n) is 6.09. The summed E-state index contributed by atoms with van der Waals surface area (Å²) in [5, 5.41) is 8.57. The van der Waals surface area contributed by atoms with E-state index in [0.717, 1.165) is 6.42 Å². The van der Waals surface area contributed by atoms with Crippen molar-refractivity contribution in [2.75, 3.05) is 13.2 Å². The van der Waals surface area contributed by atoms with Gasteiger partial charge in [0.2, 0.25) is 0 Å². The van der Waals surface area contributed by atoms with Gasteiger partial charge in [0.1, 0.15) is 6.42 Å². The number of carbonyl (C=O) groups excluding carboxylic acids is 2.